The number of aliphatic hydroxyl groups excluding tert-OH is 2. The zero-order chi connectivity index (χ0) is 16.6. The molecule has 1 aromatic carbocycles. The van der Waals surface area contributed by atoms with Crippen LogP contribution >= 0.6 is 0 Å². The summed E-state index contributed by atoms with van der Waals surface area (Å²) in [4.78, 5) is 6.25. The molecule has 2 N–H and O–H groups in total. The summed E-state index contributed by atoms with van der Waals surface area (Å²) >= 11 is 0. The van der Waals surface area contributed by atoms with E-state index in [0.717, 1.165) is 24.6 Å². The van der Waals surface area contributed by atoms with E-state index in [1.165, 1.54) is 6.07 Å². The largest absolute Gasteiger partial charge is 0.394 e. The second-order valence-corrected chi connectivity index (χ2v) is 6.14. The second kappa shape index (κ2) is 6.37. The van der Waals surface area contributed by atoms with Gasteiger partial charge in [0.2, 0.25) is 0 Å². The molecule has 23 heavy (non-hydrogen) atoms. The van der Waals surface area contributed by atoms with Crippen molar-refractivity contribution in [3.05, 3.63) is 35.5 Å². The minimum atomic E-state index is -0.706. The number of benzene rings is 1. The normalized spacial score (nSPS) is 17.7. The van der Waals surface area contributed by atoms with Gasteiger partial charge in [-0.15, -0.1) is 0 Å². The summed E-state index contributed by atoms with van der Waals surface area (Å²) in [6.07, 6.45) is 0.744. The van der Waals surface area contributed by atoms with E-state index < -0.39 is 17.7 Å². The Morgan fingerprint density at radius 2 is 1.96 bits per heavy atom. The molecule has 6 heteroatoms. The Bertz CT molecular complexity index is 715. The molecule has 0 aliphatic carbocycles. The molecular weight excluding hydrogens is 302 g/mol. The lowest BCUT2D eigenvalue weighted by Gasteiger charge is -2.35. The Labute approximate surface area is 133 Å². The minimum Gasteiger partial charge on any atom is -0.394 e. The molecule has 4 nitrogen and oxygen atoms in total. The van der Waals surface area contributed by atoms with Gasteiger partial charge in [0.1, 0.15) is 11.3 Å². The van der Waals surface area contributed by atoms with Gasteiger partial charge in [0.15, 0.2) is 5.82 Å². The number of nitrogens with zero attached hydrogens (tertiary/aromatic N) is 2. The van der Waals surface area contributed by atoms with E-state index in [1.54, 1.807) is 6.92 Å². The zero-order valence-electron chi connectivity index (χ0n) is 13.0. The monoisotopic (exact) mass is 322 g/mol. The van der Waals surface area contributed by atoms with Crippen LogP contribution in [-0.2, 0) is 0 Å². The Hall–Kier alpha value is -1.79. The SMILES string of the molecule is Cc1cc(N2CCC(C(O)CO)CC2)c2cc(F)cc(F)c2n1. The molecule has 3 rings (SSSR count). The molecule has 1 fully saturated rings. The average Bonchev–Trinajstić information content (AvgIpc) is 2.54. The van der Waals surface area contributed by atoms with Gasteiger partial charge in [0.05, 0.1) is 12.7 Å². The average molecular weight is 322 g/mol. The third kappa shape index (κ3) is 3.14. The molecule has 0 amide bonds. The van der Waals surface area contributed by atoms with Gasteiger partial charge in [0, 0.05) is 35.9 Å². The molecule has 0 saturated carbocycles. The molecule has 1 aliphatic rings. The van der Waals surface area contributed by atoms with Crippen molar-refractivity contribution in [2.75, 3.05) is 24.6 Å². The summed E-state index contributed by atoms with van der Waals surface area (Å²) in [6.45, 7) is 2.88. The standard InChI is InChI=1S/C17H20F2N2O2/c1-10-6-15(13-7-12(18)8-14(19)17(13)20-10)21-4-2-11(3-5-21)16(23)9-22/h6-8,11,16,22-23H,2-5,9H2,1H3. The first-order valence-electron chi connectivity index (χ1n) is 7.80. The summed E-state index contributed by atoms with van der Waals surface area (Å²) in [6, 6.07) is 4.00. The molecule has 1 aromatic heterocycles. The van der Waals surface area contributed by atoms with E-state index in [9.17, 15) is 13.9 Å². The van der Waals surface area contributed by atoms with E-state index in [0.29, 0.717) is 24.2 Å². The number of hydrogen-bond donors (Lipinski definition) is 2. The van der Waals surface area contributed by atoms with Crippen LogP contribution in [-0.4, -0.2) is 41.0 Å². The van der Waals surface area contributed by atoms with Crippen molar-refractivity contribution in [2.45, 2.75) is 25.9 Å². The number of pyridine rings is 1. The van der Waals surface area contributed by atoms with Gasteiger partial charge in [-0.2, -0.15) is 0 Å². The van der Waals surface area contributed by atoms with Crippen LogP contribution in [0.4, 0.5) is 14.5 Å². The van der Waals surface area contributed by atoms with Crippen LogP contribution in [0.2, 0.25) is 0 Å². The Morgan fingerprint density at radius 3 is 2.61 bits per heavy atom. The van der Waals surface area contributed by atoms with Gasteiger partial charge in [-0.25, -0.2) is 13.8 Å². The van der Waals surface area contributed by atoms with E-state index in [2.05, 4.69) is 9.88 Å². The predicted molar refractivity (Wildman–Crippen MR) is 84.4 cm³/mol. The van der Waals surface area contributed by atoms with E-state index >= 15 is 0 Å². The van der Waals surface area contributed by atoms with Crippen LogP contribution in [0.15, 0.2) is 18.2 Å². The van der Waals surface area contributed by atoms with Crippen LogP contribution in [0.3, 0.4) is 0 Å². The number of fused-ring (bicyclic) bond motifs is 1. The number of halogens is 2. The second-order valence-electron chi connectivity index (χ2n) is 6.14. The van der Waals surface area contributed by atoms with Crippen LogP contribution < -0.4 is 4.90 Å². The number of aromatic nitrogens is 1. The number of aliphatic hydroxyl groups is 2. The zero-order valence-corrected chi connectivity index (χ0v) is 13.0. The molecule has 0 bridgehead atoms. The quantitative estimate of drug-likeness (QED) is 0.911. The molecule has 1 aliphatic heterocycles. The van der Waals surface area contributed by atoms with Crippen molar-refractivity contribution >= 4 is 16.6 Å². The molecule has 1 atom stereocenters. The first kappa shape index (κ1) is 16.1. The van der Waals surface area contributed by atoms with E-state index in [1.807, 2.05) is 6.07 Å². The van der Waals surface area contributed by atoms with Crippen molar-refractivity contribution in [3.63, 3.8) is 0 Å². The number of rotatable bonds is 3. The van der Waals surface area contributed by atoms with E-state index in [4.69, 9.17) is 5.11 Å². The third-order valence-corrected chi connectivity index (χ3v) is 4.55. The first-order chi connectivity index (χ1) is 11.0. The molecule has 124 valence electrons. The lowest BCUT2D eigenvalue weighted by molar-refractivity contribution is 0.0377. The van der Waals surface area contributed by atoms with Gasteiger partial charge in [-0.05, 0) is 37.8 Å². The fraction of sp³-hybridized carbons (Fsp3) is 0.471. The number of hydrogen-bond acceptors (Lipinski definition) is 4. The highest BCUT2D eigenvalue weighted by Gasteiger charge is 2.26. The Morgan fingerprint density at radius 1 is 1.26 bits per heavy atom. The highest BCUT2D eigenvalue weighted by atomic mass is 19.1. The van der Waals surface area contributed by atoms with Crippen molar-refractivity contribution in [1.82, 2.24) is 4.98 Å². The van der Waals surface area contributed by atoms with E-state index in [-0.39, 0.29) is 18.0 Å². The van der Waals surface area contributed by atoms with Gasteiger partial charge < -0.3 is 15.1 Å². The smallest absolute Gasteiger partial charge is 0.152 e. The summed E-state index contributed by atoms with van der Waals surface area (Å²) in [5.74, 6) is -1.22. The maximum Gasteiger partial charge on any atom is 0.152 e. The third-order valence-electron chi connectivity index (χ3n) is 4.55. The number of aryl methyl sites for hydroxylation is 1. The summed E-state index contributed by atoms with van der Waals surface area (Å²) in [7, 11) is 0. The highest BCUT2D eigenvalue weighted by molar-refractivity contribution is 5.92. The fourth-order valence-electron chi connectivity index (χ4n) is 3.29. The van der Waals surface area contributed by atoms with Crippen molar-refractivity contribution < 1.29 is 19.0 Å². The van der Waals surface area contributed by atoms with Gasteiger partial charge >= 0.3 is 0 Å². The highest BCUT2D eigenvalue weighted by Crippen LogP contribution is 2.32. The summed E-state index contributed by atoms with van der Waals surface area (Å²) < 4.78 is 27.6. The lowest BCUT2D eigenvalue weighted by atomic mass is 9.91. The van der Waals surface area contributed by atoms with Gasteiger partial charge in [-0.1, -0.05) is 0 Å². The Balaban J connectivity index is 1.94. The lowest BCUT2D eigenvalue weighted by Crippen LogP contribution is -2.39. The number of piperidine rings is 1. The topological polar surface area (TPSA) is 56.6 Å². The predicted octanol–water partition coefficient (Wildman–Crippen LogP) is 2.39. The van der Waals surface area contributed by atoms with Crippen LogP contribution in [0.1, 0.15) is 18.5 Å². The van der Waals surface area contributed by atoms with Crippen LogP contribution in [0, 0.1) is 24.5 Å². The molecular formula is C17H20F2N2O2. The maximum atomic E-state index is 14.0. The van der Waals surface area contributed by atoms with Crippen molar-refractivity contribution in [3.8, 4) is 0 Å². The van der Waals surface area contributed by atoms with Crippen molar-refractivity contribution in [2.24, 2.45) is 5.92 Å². The van der Waals surface area contributed by atoms with Crippen LogP contribution in [0.25, 0.3) is 10.9 Å². The molecule has 2 aromatic rings. The molecule has 0 radical (unpaired) electrons. The Kier molecular flexibility index (Phi) is 4.46. The molecule has 0 spiro atoms. The summed E-state index contributed by atoms with van der Waals surface area (Å²) in [5, 5.41) is 19.3. The molecule has 1 unspecified atom stereocenters. The minimum absolute atomic E-state index is 0.0546. The molecule has 2 heterocycles. The van der Waals surface area contributed by atoms with Crippen LogP contribution in [0.5, 0.6) is 0 Å². The maximum absolute atomic E-state index is 14.0. The summed E-state index contributed by atoms with van der Waals surface area (Å²) in [5.41, 5.74) is 1.62. The van der Waals surface area contributed by atoms with Gasteiger partial charge in [-0.3, -0.25) is 0 Å². The molecule has 1 saturated heterocycles. The van der Waals surface area contributed by atoms with Crippen molar-refractivity contribution in [1.29, 1.82) is 0 Å². The first-order valence-corrected chi connectivity index (χ1v) is 7.80. The fourth-order valence-corrected chi connectivity index (χ4v) is 3.29. The number of anilines is 1. The van der Waals surface area contributed by atoms with Gasteiger partial charge in [0.25, 0.3) is 0 Å².